The Morgan fingerprint density at radius 1 is 1.37 bits per heavy atom. The van der Waals surface area contributed by atoms with Crippen LogP contribution in [0.2, 0.25) is 5.02 Å². The summed E-state index contributed by atoms with van der Waals surface area (Å²) in [5, 5.41) is 7.99. The summed E-state index contributed by atoms with van der Waals surface area (Å²) in [6, 6.07) is 8.90. The number of benzene rings is 1. The minimum atomic E-state index is -0.271. The van der Waals surface area contributed by atoms with Gasteiger partial charge in [-0.1, -0.05) is 27.5 Å². The summed E-state index contributed by atoms with van der Waals surface area (Å²) in [6.07, 6.45) is 3.36. The molecule has 3 aromatic rings. The fraction of sp³-hybridized carbons (Fsp3) is 0.150. The van der Waals surface area contributed by atoms with Gasteiger partial charge in [-0.2, -0.15) is 5.10 Å². The fourth-order valence-corrected chi connectivity index (χ4v) is 4.01. The van der Waals surface area contributed by atoms with Crippen molar-refractivity contribution in [2.24, 2.45) is 7.05 Å². The number of aryl methyl sites for hydroxylation is 2. The highest BCUT2D eigenvalue weighted by Gasteiger charge is 2.34. The summed E-state index contributed by atoms with van der Waals surface area (Å²) in [7, 11) is 1.79. The molecule has 1 aliphatic rings. The molecule has 1 saturated heterocycles. The Kier molecular flexibility index (Phi) is 5.68. The Morgan fingerprint density at radius 3 is 2.87 bits per heavy atom. The van der Waals surface area contributed by atoms with Crippen LogP contribution in [0.1, 0.15) is 17.2 Å². The van der Waals surface area contributed by atoms with E-state index >= 15 is 0 Å². The van der Waals surface area contributed by atoms with Crippen molar-refractivity contribution in [3.63, 3.8) is 0 Å². The van der Waals surface area contributed by atoms with Crippen LogP contribution >= 0.6 is 39.7 Å². The van der Waals surface area contributed by atoms with E-state index in [2.05, 4.69) is 26.3 Å². The first-order chi connectivity index (χ1) is 14.3. The highest BCUT2D eigenvalue weighted by molar-refractivity contribution is 9.10. The van der Waals surface area contributed by atoms with Gasteiger partial charge in [-0.3, -0.25) is 9.48 Å². The van der Waals surface area contributed by atoms with Crippen molar-refractivity contribution >= 4 is 62.5 Å². The minimum absolute atomic E-state index is 0.200. The number of thiocarbonyl (C=S) groups is 1. The molecule has 0 radical (unpaired) electrons. The van der Waals surface area contributed by atoms with E-state index in [1.165, 1.54) is 4.90 Å². The van der Waals surface area contributed by atoms with Crippen molar-refractivity contribution in [3.05, 3.63) is 68.9 Å². The molecule has 10 heteroatoms. The van der Waals surface area contributed by atoms with Crippen LogP contribution < -0.4 is 15.0 Å². The number of furan rings is 1. The van der Waals surface area contributed by atoms with Crippen molar-refractivity contribution in [2.75, 3.05) is 4.90 Å². The minimum Gasteiger partial charge on any atom is -0.484 e. The highest BCUT2D eigenvalue weighted by atomic mass is 79.9. The normalized spacial score (nSPS) is 15.2. The number of nitrogens with one attached hydrogen (secondary N) is 1. The van der Waals surface area contributed by atoms with E-state index in [0.717, 1.165) is 4.47 Å². The average Bonchev–Trinajstić information content (AvgIpc) is 3.33. The molecule has 0 aliphatic carbocycles. The van der Waals surface area contributed by atoms with Crippen LogP contribution in [0.25, 0.3) is 6.08 Å². The van der Waals surface area contributed by atoms with E-state index in [9.17, 15) is 4.79 Å². The SMILES string of the molecule is Cc1nn(C)cc1N1C(=O)/C(=C\c2ccc(COc3ccc(Br)cc3Cl)o2)NC1=S. The molecule has 1 amide bonds. The zero-order valence-corrected chi connectivity index (χ0v) is 19.1. The smallest absolute Gasteiger partial charge is 0.281 e. The van der Waals surface area contributed by atoms with Crippen LogP contribution in [-0.2, 0) is 18.4 Å². The van der Waals surface area contributed by atoms with E-state index in [0.29, 0.717) is 44.5 Å². The maximum atomic E-state index is 12.9. The number of anilines is 1. The first kappa shape index (κ1) is 20.6. The predicted molar refractivity (Wildman–Crippen MR) is 121 cm³/mol. The predicted octanol–water partition coefficient (Wildman–Crippen LogP) is 4.58. The zero-order valence-electron chi connectivity index (χ0n) is 16.0. The number of hydrogen-bond acceptors (Lipinski definition) is 5. The van der Waals surface area contributed by atoms with Gasteiger partial charge in [0.15, 0.2) is 5.11 Å². The number of amides is 1. The molecule has 7 nitrogen and oxygen atoms in total. The zero-order chi connectivity index (χ0) is 21.4. The number of nitrogens with zero attached hydrogens (tertiary/aromatic N) is 3. The van der Waals surface area contributed by atoms with Crippen LogP contribution in [0.3, 0.4) is 0 Å². The van der Waals surface area contributed by atoms with Gasteiger partial charge < -0.3 is 14.5 Å². The second-order valence-corrected chi connectivity index (χ2v) is 8.28. The molecule has 3 heterocycles. The molecule has 4 rings (SSSR count). The molecule has 0 unspecified atom stereocenters. The summed E-state index contributed by atoms with van der Waals surface area (Å²) in [4.78, 5) is 14.3. The molecule has 0 atom stereocenters. The molecular weight excluding hydrogens is 492 g/mol. The van der Waals surface area contributed by atoms with Crippen molar-refractivity contribution < 1.29 is 13.9 Å². The van der Waals surface area contributed by atoms with Crippen molar-refractivity contribution in [1.82, 2.24) is 15.1 Å². The first-order valence-electron chi connectivity index (χ1n) is 8.86. The van der Waals surface area contributed by atoms with E-state index in [-0.39, 0.29) is 12.5 Å². The molecular formula is C20H16BrClN4O3S. The number of hydrogen-bond donors (Lipinski definition) is 1. The second-order valence-electron chi connectivity index (χ2n) is 6.57. The van der Waals surface area contributed by atoms with E-state index in [1.54, 1.807) is 48.3 Å². The number of aromatic nitrogens is 2. The number of ether oxygens (including phenoxy) is 1. The lowest BCUT2D eigenvalue weighted by atomic mass is 10.3. The van der Waals surface area contributed by atoms with Crippen LogP contribution in [0.4, 0.5) is 5.69 Å². The van der Waals surface area contributed by atoms with Crippen molar-refractivity contribution in [3.8, 4) is 5.75 Å². The number of carbonyl (C=O) groups is 1. The monoisotopic (exact) mass is 506 g/mol. The largest absolute Gasteiger partial charge is 0.484 e. The summed E-state index contributed by atoms with van der Waals surface area (Å²) < 4.78 is 14.0. The maximum Gasteiger partial charge on any atom is 0.281 e. The van der Waals surface area contributed by atoms with Crippen molar-refractivity contribution in [2.45, 2.75) is 13.5 Å². The van der Waals surface area contributed by atoms with Crippen LogP contribution in [-0.4, -0.2) is 20.8 Å². The molecule has 0 spiro atoms. The molecule has 1 N–H and O–H groups in total. The Balaban J connectivity index is 1.48. The standard InChI is InChI=1S/C20H16BrClN4O3S/c1-11-17(9-25(2)24-11)26-19(27)16(23-20(26)30)8-13-4-5-14(29-13)10-28-18-6-3-12(21)7-15(18)22/h3-9H,10H2,1-2H3,(H,23,30)/b16-8+. The van der Waals surface area contributed by atoms with Gasteiger partial charge in [0.05, 0.1) is 16.4 Å². The van der Waals surface area contributed by atoms with Crippen molar-refractivity contribution in [1.29, 1.82) is 0 Å². The van der Waals surface area contributed by atoms with Gasteiger partial charge in [0.25, 0.3) is 5.91 Å². The molecule has 154 valence electrons. The Morgan fingerprint density at radius 2 is 2.17 bits per heavy atom. The fourth-order valence-electron chi connectivity index (χ4n) is 2.99. The molecule has 30 heavy (non-hydrogen) atoms. The topological polar surface area (TPSA) is 72.5 Å². The molecule has 1 aliphatic heterocycles. The van der Waals surface area contributed by atoms with Crippen LogP contribution in [0.15, 0.2) is 51.1 Å². The number of rotatable bonds is 5. The lowest BCUT2D eigenvalue weighted by Gasteiger charge is -2.11. The van der Waals surface area contributed by atoms with Gasteiger partial charge >= 0.3 is 0 Å². The average molecular weight is 508 g/mol. The third-order valence-electron chi connectivity index (χ3n) is 4.34. The van der Waals surface area contributed by atoms with Gasteiger partial charge in [-0.05, 0) is 49.5 Å². The third kappa shape index (κ3) is 4.14. The molecule has 2 aromatic heterocycles. The quantitative estimate of drug-likeness (QED) is 0.403. The van der Waals surface area contributed by atoms with Gasteiger partial charge in [-0.15, -0.1) is 0 Å². The Hall–Kier alpha value is -2.62. The lowest BCUT2D eigenvalue weighted by molar-refractivity contribution is -0.113. The summed E-state index contributed by atoms with van der Waals surface area (Å²) in [5.41, 5.74) is 1.67. The Bertz CT molecular complexity index is 1190. The maximum absolute atomic E-state index is 12.9. The molecule has 0 saturated carbocycles. The third-order valence-corrected chi connectivity index (χ3v) is 5.41. The summed E-state index contributed by atoms with van der Waals surface area (Å²) >= 11 is 14.8. The Labute approximate surface area is 191 Å². The van der Waals surface area contributed by atoms with E-state index in [1.807, 2.05) is 13.0 Å². The number of halogens is 2. The van der Waals surface area contributed by atoms with Gasteiger partial charge in [0.1, 0.15) is 29.6 Å². The van der Waals surface area contributed by atoms with E-state index in [4.69, 9.17) is 33.0 Å². The van der Waals surface area contributed by atoms with Crippen LogP contribution in [0.5, 0.6) is 5.75 Å². The van der Waals surface area contributed by atoms with Gasteiger partial charge in [-0.25, -0.2) is 4.90 Å². The highest BCUT2D eigenvalue weighted by Crippen LogP contribution is 2.29. The first-order valence-corrected chi connectivity index (χ1v) is 10.4. The summed E-state index contributed by atoms with van der Waals surface area (Å²) in [6.45, 7) is 2.02. The van der Waals surface area contributed by atoms with Gasteiger partial charge in [0.2, 0.25) is 0 Å². The molecule has 0 bridgehead atoms. The molecule has 1 fully saturated rings. The molecule has 1 aromatic carbocycles. The number of carbonyl (C=O) groups excluding carboxylic acids is 1. The lowest BCUT2D eigenvalue weighted by Crippen LogP contribution is -2.30. The second kappa shape index (κ2) is 8.25. The summed E-state index contributed by atoms with van der Waals surface area (Å²) in [5.74, 6) is 1.37. The van der Waals surface area contributed by atoms with Crippen LogP contribution in [0, 0.1) is 6.92 Å². The van der Waals surface area contributed by atoms with E-state index < -0.39 is 0 Å². The van der Waals surface area contributed by atoms with Gasteiger partial charge in [0, 0.05) is 23.8 Å².